The Morgan fingerprint density at radius 2 is 1.06 bits per heavy atom. The molecule has 0 saturated heterocycles. The van der Waals surface area contributed by atoms with Gasteiger partial charge in [-0.3, -0.25) is 4.40 Å². The molecule has 0 aliphatic carbocycles. The van der Waals surface area contributed by atoms with Gasteiger partial charge in [0.15, 0.2) is 0 Å². The first-order valence-corrected chi connectivity index (χ1v) is 11.0. The van der Waals surface area contributed by atoms with Crippen LogP contribution in [0, 0.1) is 0 Å². The molecule has 0 bridgehead atoms. The van der Waals surface area contributed by atoms with Crippen LogP contribution in [0.2, 0.25) is 0 Å². The van der Waals surface area contributed by atoms with Gasteiger partial charge in [0.1, 0.15) is 35.0 Å². The van der Waals surface area contributed by atoms with E-state index in [2.05, 4.69) is 0 Å². The molecule has 0 saturated carbocycles. The highest BCUT2D eigenvalue weighted by molar-refractivity contribution is 5.81. The van der Waals surface area contributed by atoms with Gasteiger partial charge in [0.2, 0.25) is 0 Å². The molecule has 4 aromatic carbocycles. The molecule has 6 rings (SSSR count). The van der Waals surface area contributed by atoms with E-state index < -0.39 is 0 Å². The number of rotatable bonds is 6. The topological polar surface area (TPSA) is 48.9 Å². The number of nitrogens with zero attached hydrogens (tertiary/aromatic N) is 2. The lowest BCUT2D eigenvalue weighted by Crippen LogP contribution is -1.89. The van der Waals surface area contributed by atoms with Crippen LogP contribution in [0.1, 0.15) is 0 Å². The Labute approximate surface area is 196 Å². The maximum Gasteiger partial charge on any atom is 0.306 e. The predicted octanol–water partition coefficient (Wildman–Crippen LogP) is 7.85. The molecule has 164 valence electrons. The van der Waals surface area contributed by atoms with E-state index in [0.29, 0.717) is 5.84 Å². The van der Waals surface area contributed by atoms with E-state index in [1.807, 2.05) is 120 Å². The van der Waals surface area contributed by atoms with Gasteiger partial charge < -0.3 is 13.9 Å². The molecule has 0 aliphatic heterocycles. The van der Waals surface area contributed by atoms with Gasteiger partial charge in [0, 0.05) is 17.3 Å². The highest BCUT2D eigenvalue weighted by Crippen LogP contribution is 2.35. The molecular formula is C29H20N2O3. The number of oxazole rings is 1. The summed E-state index contributed by atoms with van der Waals surface area (Å²) in [5.74, 6) is 3.68. The number of hydrogen-bond donors (Lipinski definition) is 0. The van der Waals surface area contributed by atoms with Crippen molar-refractivity contribution in [2.45, 2.75) is 0 Å². The highest BCUT2D eigenvalue weighted by atomic mass is 16.5. The molecule has 0 amide bonds. The van der Waals surface area contributed by atoms with Crippen molar-refractivity contribution in [2.75, 3.05) is 0 Å². The first-order chi connectivity index (χ1) is 16.8. The number of imidazole rings is 1. The molecule has 5 heteroatoms. The smallest absolute Gasteiger partial charge is 0.306 e. The van der Waals surface area contributed by atoms with Crippen LogP contribution in [0.5, 0.6) is 23.0 Å². The van der Waals surface area contributed by atoms with Crippen LogP contribution in [0.3, 0.4) is 0 Å². The van der Waals surface area contributed by atoms with Crippen LogP contribution in [0.4, 0.5) is 0 Å². The molecule has 2 heterocycles. The Morgan fingerprint density at radius 1 is 0.559 bits per heavy atom. The minimum Gasteiger partial charge on any atom is -0.457 e. The molecule has 0 aliphatic rings. The van der Waals surface area contributed by atoms with Crippen molar-refractivity contribution in [3.05, 3.63) is 122 Å². The Morgan fingerprint density at radius 3 is 1.62 bits per heavy atom. The Bertz CT molecular complexity index is 1520. The van der Waals surface area contributed by atoms with Crippen LogP contribution >= 0.6 is 0 Å². The molecule has 0 atom stereocenters. The average Bonchev–Trinajstić information content (AvgIpc) is 3.48. The second kappa shape index (κ2) is 8.64. The highest BCUT2D eigenvalue weighted by Gasteiger charge is 2.18. The summed E-state index contributed by atoms with van der Waals surface area (Å²) in [6.45, 7) is 0. The summed E-state index contributed by atoms with van der Waals surface area (Å²) in [4.78, 5) is 4.75. The van der Waals surface area contributed by atoms with E-state index in [1.54, 1.807) is 6.26 Å². The zero-order valence-electron chi connectivity index (χ0n) is 18.2. The van der Waals surface area contributed by atoms with Crippen LogP contribution in [0.25, 0.3) is 28.4 Å². The van der Waals surface area contributed by atoms with Crippen LogP contribution < -0.4 is 9.47 Å². The van der Waals surface area contributed by atoms with Gasteiger partial charge in [0.05, 0.1) is 5.69 Å². The van der Waals surface area contributed by atoms with Gasteiger partial charge in [-0.05, 0) is 72.8 Å². The fourth-order valence-electron chi connectivity index (χ4n) is 3.87. The fraction of sp³-hybridized carbons (Fsp3) is 0. The number of aromatic nitrogens is 2. The fourth-order valence-corrected chi connectivity index (χ4v) is 3.87. The van der Waals surface area contributed by atoms with Crippen molar-refractivity contribution >= 4 is 5.84 Å². The molecule has 0 spiro atoms. The molecule has 0 fully saturated rings. The SMILES string of the molecule is c1ccc(Oc2ccc(-c3nc4occn4c3-c3ccc(Oc4ccccc4)cc3)cc2)cc1. The molecule has 6 aromatic rings. The van der Waals surface area contributed by atoms with E-state index in [0.717, 1.165) is 45.5 Å². The number of ether oxygens (including phenoxy) is 2. The molecule has 0 radical (unpaired) electrons. The summed E-state index contributed by atoms with van der Waals surface area (Å²) in [7, 11) is 0. The number of hydrogen-bond acceptors (Lipinski definition) is 4. The van der Waals surface area contributed by atoms with Crippen LogP contribution in [-0.4, -0.2) is 9.38 Å². The van der Waals surface area contributed by atoms with Crippen molar-refractivity contribution in [1.29, 1.82) is 0 Å². The molecular weight excluding hydrogens is 424 g/mol. The standard InChI is InChI=1S/C29H20N2O3/c1-3-7-23(8-4-1)33-25-15-11-21(12-16-25)27-28(31-19-20-32-29(31)30-27)22-13-17-26(18-14-22)34-24-9-5-2-6-10-24/h1-20H. The molecule has 0 N–H and O–H groups in total. The summed E-state index contributed by atoms with van der Waals surface area (Å²) in [6, 6.07) is 35.4. The summed E-state index contributed by atoms with van der Waals surface area (Å²) in [6.07, 6.45) is 3.52. The largest absolute Gasteiger partial charge is 0.457 e. The van der Waals surface area contributed by atoms with Gasteiger partial charge in [-0.15, -0.1) is 0 Å². The molecule has 34 heavy (non-hydrogen) atoms. The maximum absolute atomic E-state index is 5.95. The van der Waals surface area contributed by atoms with E-state index in [4.69, 9.17) is 18.9 Å². The summed E-state index contributed by atoms with van der Waals surface area (Å²) in [5.41, 5.74) is 3.77. The number of benzene rings is 4. The van der Waals surface area contributed by atoms with Gasteiger partial charge in [-0.2, -0.15) is 4.98 Å². The molecule has 0 unspecified atom stereocenters. The third-order valence-corrected chi connectivity index (χ3v) is 5.48. The van der Waals surface area contributed by atoms with Gasteiger partial charge in [-0.1, -0.05) is 36.4 Å². The lowest BCUT2D eigenvalue weighted by molar-refractivity contribution is 0.482. The number of para-hydroxylation sites is 2. The lowest BCUT2D eigenvalue weighted by atomic mass is 10.0. The second-order valence-electron chi connectivity index (χ2n) is 7.74. The average molecular weight is 444 g/mol. The van der Waals surface area contributed by atoms with Crippen molar-refractivity contribution in [3.8, 4) is 45.5 Å². The second-order valence-corrected chi connectivity index (χ2v) is 7.74. The zero-order chi connectivity index (χ0) is 22.7. The van der Waals surface area contributed by atoms with Crippen LogP contribution in [-0.2, 0) is 0 Å². The van der Waals surface area contributed by atoms with E-state index in [9.17, 15) is 0 Å². The van der Waals surface area contributed by atoms with Crippen molar-refractivity contribution in [2.24, 2.45) is 0 Å². The Balaban J connectivity index is 1.32. The summed E-state index contributed by atoms with van der Waals surface area (Å²) in [5, 5.41) is 0. The monoisotopic (exact) mass is 444 g/mol. The summed E-state index contributed by atoms with van der Waals surface area (Å²) >= 11 is 0. The zero-order valence-corrected chi connectivity index (χ0v) is 18.2. The first-order valence-electron chi connectivity index (χ1n) is 11.0. The normalized spacial score (nSPS) is 10.9. The predicted molar refractivity (Wildman–Crippen MR) is 131 cm³/mol. The van der Waals surface area contributed by atoms with Crippen molar-refractivity contribution in [1.82, 2.24) is 9.38 Å². The third kappa shape index (κ3) is 3.91. The van der Waals surface area contributed by atoms with Crippen molar-refractivity contribution < 1.29 is 13.9 Å². The Hall–Kier alpha value is -4.77. The lowest BCUT2D eigenvalue weighted by Gasteiger charge is -2.09. The first kappa shape index (κ1) is 19.9. The van der Waals surface area contributed by atoms with Gasteiger partial charge >= 0.3 is 5.84 Å². The van der Waals surface area contributed by atoms with Gasteiger partial charge in [-0.25, -0.2) is 0 Å². The molecule has 2 aromatic heterocycles. The third-order valence-electron chi connectivity index (χ3n) is 5.48. The quantitative estimate of drug-likeness (QED) is 0.262. The van der Waals surface area contributed by atoms with Gasteiger partial charge in [0.25, 0.3) is 0 Å². The maximum atomic E-state index is 5.95. The minimum atomic E-state index is 0.541. The number of fused-ring (bicyclic) bond motifs is 1. The minimum absolute atomic E-state index is 0.541. The molecule has 5 nitrogen and oxygen atoms in total. The summed E-state index contributed by atoms with van der Waals surface area (Å²) < 4.78 is 19.4. The van der Waals surface area contributed by atoms with Crippen LogP contribution in [0.15, 0.2) is 126 Å². The van der Waals surface area contributed by atoms with E-state index >= 15 is 0 Å². The Kier molecular flexibility index (Phi) is 5.05. The van der Waals surface area contributed by atoms with Crippen molar-refractivity contribution in [3.63, 3.8) is 0 Å². The van der Waals surface area contributed by atoms with E-state index in [-0.39, 0.29) is 0 Å². The van der Waals surface area contributed by atoms with E-state index in [1.165, 1.54) is 0 Å².